The van der Waals surface area contributed by atoms with Crippen molar-refractivity contribution in [3.63, 3.8) is 0 Å². The highest BCUT2D eigenvalue weighted by Crippen LogP contribution is 2.33. The number of nitrogens with zero attached hydrogens (tertiary/aromatic N) is 1. The first-order valence-corrected chi connectivity index (χ1v) is 6.84. The summed E-state index contributed by atoms with van der Waals surface area (Å²) in [5.74, 6) is 0.0348. The molecule has 3 nitrogen and oxygen atoms in total. The molecule has 0 aliphatic carbocycles. The van der Waals surface area contributed by atoms with Gasteiger partial charge < -0.3 is 10.2 Å². The first-order valence-electron chi connectivity index (χ1n) is 6.84. The summed E-state index contributed by atoms with van der Waals surface area (Å²) < 4.78 is 0. The highest BCUT2D eigenvalue weighted by atomic mass is 16.2. The van der Waals surface area contributed by atoms with E-state index < -0.39 is 0 Å². The second kappa shape index (κ2) is 5.00. The summed E-state index contributed by atoms with van der Waals surface area (Å²) in [5, 5.41) is 3.30. The lowest BCUT2D eigenvalue weighted by atomic mass is 9.99. The first-order chi connectivity index (χ1) is 9.68. The average Bonchev–Trinajstić information content (AvgIpc) is 2.90. The molecule has 3 rings (SSSR count). The monoisotopic (exact) mass is 266 g/mol. The number of hydrogen-bond acceptors (Lipinski definition) is 2. The minimum absolute atomic E-state index is 0.101. The Morgan fingerprint density at radius 2 is 1.85 bits per heavy atom. The van der Waals surface area contributed by atoms with Crippen LogP contribution in [0.3, 0.4) is 0 Å². The fraction of sp³-hybridized carbons (Fsp3) is 0.235. The van der Waals surface area contributed by atoms with Gasteiger partial charge in [0.1, 0.15) is 0 Å². The van der Waals surface area contributed by atoms with Gasteiger partial charge in [-0.2, -0.15) is 0 Å². The van der Waals surface area contributed by atoms with Crippen LogP contribution in [0.15, 0.2) is 48.5 Å². The van der Waals surface area contributed by atoms with Gasteiger partial charge in [0.05, 0.1) is 5.92 Å². The molecule has 2 aromatic carbocycles. The van der Waals surface area contributed by atoms with E-state index in [0.29, 0.717) is 6.54 Å². The largest absolute Gasteiger partial charge is 0.384 e. The average molecular weight is 266 g/mol. The third-order valence-corrected chi connectivity index (χ3v) is 3.94. The Kier molecular flexibility index (Phi) is 3.18. The lowest BCUT2D eigenvalue weighted by Gasteiger charge is -2.23. The summed E-state index contributed by atoms with van der Waals surface area (Å²) in [4.78, 5) is 14.5. The Hall–Kier alpha value is -2.29. The van der Waals surface area contributed by atoms with Crippen LogP contribution < -0.4 is 10.2 Å². The van der Waals surface area contributed by atoms with Gasteiger partial charge in [-0.1, -0.05) is 36.4 Å². The van der Waals surface area contributed by atoms with Crippen LogP contribution in [0.5, 0.6) is 0 Å². The molecule has 0 bridgehead atoms. The van der Waals surface area contributed by atoms with Crippen LogP contribution in [0.1, 0.15) is 17.0 Å². The number of hydrogen-bond donors (Lipinski definition) is 1. The highest BCUT2D eigenvalue weighted by molar-refractivity contribution is 6.00. The van der Waals surface area contributed by atoms with Gasteiger partial charge in [-0.15, -0.1) is 0 Å². The minimum atomic E-state index is -0.101. The molecule has 0 spiro atoms. The minimum Gasteiger partial charge on any atom is -0.384 e. The zero-order chi connectivity index (χ0) is 14.1. The Morgan fingerprint density at radius 3 is 2.65 bits per heavy atom. The number of amides is 1. The van der Waals surface area contributed by atoms with Crippen LogP contribution in [0, 0.1) is 6.92 Å². The summed E-state index contributed by atoms with van der Waals surface area (Å²) in [5.41, 5.74) is 4.26. The third kappa shape index (κ3) is 2.05. The van der Waals surface area contributed by atoms with Gasteiger partial charge in [0.15, 0.2) is 0 Å². The molecule has 20 heavy (non-hydrogen) atoms. The fourth-order valence-corrected chi connectivity index (χ4v) is 2.80. The molecule has 1 aliphatic rings. The van der Waals surface area contributed by atoms with Crippen LogP contribution in [0.4, 0.5) is 11.4 Å². The smallest absolute Gasteiger partial charge is 0.236 e. The SMILES string of the molecule is Cc1ccccc1N(C)C(=O)C1CNc2ccccc21. The van der Waals surface area contributed by atoms with E-state index in [-0.39, 0.29) is 11.8 Å². The van der Waals surface area contributed by atoms with Gasteiger partial charge in [0.2, 0.25) is 5.91 Å². The third-order valence-electron chi connectivity index (χ3n) is 3.94. The number of aryl methyl sites for hydroxylation is 1. The molecule has 1 aliphatic heterocycles. The first kappa shape index (κ1) is 12.7. The lowest BCUT2D eigenvalue weighted by Crippen LogP contribution is -2.33. The molecule has 0 aromatic heterocycles. The normalized spacial score (nSPS) is 16.4. The van der Waals surface area contributed by atoms with Crippen LogP contribution in [-0.4, -0.2) is 19.5 Å². The number of para-hydroxylation sites is 2. The molecule has 1 atom stereocenters. The van der Waals surface area contributed by atoms with Crippen molar-refractivity contribution in [1.82, 2.24) is 0 Å². The van der Waals surface area contributed by atoms with Gasteiger partial charge in [-0.3, -0.25) is 4.79 Å². The summed E-state index contributed by atoms with van der Waals surface area (Å²) >= 11 is 0. The molecule has 1 amide bonds. The van der Waals surface area contributed by atoms with E-state index >= 15 is 0 Å². The van der Waals surface area contributed by atoms with E-state index in [0.717, 1.165) is 22.5 Å². The summed E-state index contributed by atoms with van der Waals surface area (Å²) in [6.07, 6.45) is 0. The second-order valence-electron chi connectivity index (χ2n) is 5.20. The highest BCUT2D eigenvalue weighted by Gasteiger charge is 2.30. The Morgan fingerprint density at radius 1 is 1.15 bits per heavy atom. The quantitative estimate of drug-likeness (QED) is 0.905. The molecule has 0 saturated carbocycles. The van der Waals surface area contributed by atoms with Crippen molar-refractivity contribution in [3.8, 4) is 0 Å². The zero-order valence-corrected chi connectivity index (χ0v) is 11.8. The van der Waals surface area contributed by atoms with Gasteiger partial charge in [0.25, 0.3) is 0 Å². The molecular formula is C17H18N2O. The molecule has 1 unspecified atom stereocenters. The maximum Gasteiger partial charge on any atom is 0.236 e. The molecule has 102 valence electrons. The van der Waals surface area contributed by atoms with Gasteiger partial charge in [0, 0.05) is 25.0 Å². The topological polar surface area (TPSA) is 32.3 Å². The molecule has 0 radical (unpaired) electrons. The number of benzene rings is 2. The van der Waals surface area contributed by atoms with E-state index in [1.54, 1.807) is 4.90 Å². The fourth-order valence-electron chi connectivity index (χ4n) is 2.80. The Balaban J connectivity index is 1.89. The van der Waals surface area contributed by atoms with Crippen molar-refractivity contribution >= 4 is 17.3 Å². The van der Waals surface area contributed by atoms with Crippen LogP contribution >= 0.6 is 0 Å². The standard InChI is InChI=1S/C17H18N2O/c1-12-7-3-6-10-16(12)19(2)17(20)14-11-18-15-9-5-4-8-13(14)15/h3-10,14,18H,11H2,1-2H3. The molecule has 0 fully saturated rings. The molecule has 0 saturated heterocycles. The Labute approximate surface area is 119 Å². The second-order valence-corrected chi connectivity index (χ2v) is 5.20. The van der Waals surface area contributed by atoms with Crippen LogP contribution in [-0.2, 0) is 4.79 Å². The van der Waals surface area contributed by atoms with Gasteiger partial charge >= 0.3 is 0 Å². The van der Waals surface area contributed by atoms with Gasteiger partial charge in [-0.25, -0.2) is 0 Å². The molecular weight excluding hydrogens is 248 g/mol. The molecule has 1 heterocycles. The molecule has 1 N–H and O–H groups in total. The van der Waals surface area contributed by atoms with Crippen molar-refractivity contribution in [2.24, 2.45) is 0 Å². The van der Waals surface area contributed by atoms with Gasteiger partial charge in [-0.05, 0) is 30.2 Å². The van der Waals surface area contributed by atoms with Crippen molar-refractivity contribution in [1.29, 1.82) is 0 Å². The van der Waals surface area contributed by atoms with E-state index in [9.17, 15) is 4.79 Å². The maximum atomic E-state index is 12.7. The predicted molar refractivity (Wildman–Crippen MR) is 82.3 cm³/mol. The number of carbonyl (C=O) groups is 1. The number of anilines is 2. The summed E-state index contributed by atoms with van der Waals surface area (Å²) in [6, 6.07) is 16.0. The Bertz CT molecular complexity index is 651. The number of likely N-dealkylation sites (N-methyl/N-ethyl adjacent to an activating group) is 1. The zero-order valence-electron chi connectivity index (χ0n) is 11.8. The molecule has 3 heteroatoms. The predicted octanol–water partition coefficient (Wildman–Crippen LogP) is 3.17. The van der Waals surface area contributed by atoms with Crippen molar-refractivity contribution < 1.29 is 4.79 Å². The summed E-state index contributed by atoms with van der Waals surface area (Å²) in [6.45, 7) is 2.70. The number of rotatable bonds is 2. The number of nitrogens with one attached hydrogen (secondary N) is 1. The van der Waals surface area contributed by atoms with Crippen molar-refractivity contribution in [2.75, 3.05) is 23.8 Å². The van der Waals surface area contributed by atoms with E-state index in [4.69, 9.17) is 0 Å². The van der Waals surface area contributed by atoms with E-state index in [1.165, 1.54) is 0 Å². The number of fused-ring (bicyclic) bond motifs is 1. The number of carbonyl (C=O) groups excluding carboxylic acids is 1. The van der Waals surface area contributed by atoms with Crippen molar-refractivity contribution in [2.45, 2.75) is 12.8 Å². The van der Waals surface area contributed by atoms with Crippen LogP contribution in [0.25, 0.3) is 0 Å². The van der Waals surface area contributed by atoms with Crippen LogP contribution in [0.2, 0.25) is 0 Å². The van der Waals surface area contributed by atoms with E-state index in [2.05, 4.69) is 5.32 Å². The van der Waals surface area contributed by atoms with Crippen molar-refractivity contribution in [3.05, 3.63) is 59.7 Å². The lowest BCUT2D eigenvalue weighted by molar-refractivity contribution is -0.119. The molecule has 2 aromatic rings. The van der Waals surface area contributed by atoms with E-state index in [1.807, 2.05) is 62.5 Å². The summed E-state index contributed by atoms with van der Waals surface area (Å²) in [7, 11) is 1.85. The maximum absolute atomic E-state index is 12.7.